The van der Waals surface area contributed by atoms with E-state index in [1.54, 1.807) is 0 Å². The summed E-state index contributed by atoms with van der Waals surface area (Å²) >= 11 is 11.6. The minimum Gasteiger partial charge on any atom is -0.364 e. The van der Waals surface area contributed by atoms with Crippen LogP contribution in [0.15, 0.2) is 23.3 Å². The average Bonchev–Trinajstić information content (AvgIpc) is 2.65. The van der Waals surface area contributed by atoms with E-state index < -0.39 is 24.5 Å². The molecule has 1 aliphatic heterocycles. The number of hydrogen-bond acceptors (Lipinski definition) is 3. The van der Waals surface area contributed by atoms with Crippen molar-refractivity contribution in [1.82, 2.24) is 5.01 Å². The SMILES string of the molecule is CC1=NN(C(=O)c2ccc(Cl)cc2Cl)[C@@](O)(C(F)F)C1. The minimum absolute atomic E-state index is 0.00105. The molecule has 1 atom stereocenters. The van der Waals surface area contributed by atoms with Gasteiger partial charge in [-0.1, -0.05) is 23.2 Å². The highest BCUT2D eigenvalue weighted by molar-refractivity contribution is 6.36. The predicted molar refractivity (Wildman–Crippen MR) is 71.3 cm³/mol. The van der Waals surface area contributed by atoms with Crippen molar-refractivity contribution in [2.75, 3.05) is 0 Å². The van der Waals surface area contributed by atoms with Gasteiger partial charge in [0, 0.05) is 17.2 Å². The Morgan fingerprint density at radius 1 is 1.50 bits per heavy atom. The first-order chi connectivity index (χ1) is 9.25. The number of amides is 1. The normalized spacial score (nSPS) is 22.4. The van der Waals surface area contributed by atoms with E-state index in [-0.39, 0.29) is 16.3 Å². The second kappa shape index (κ2) is 5.27. The van der Waals surface area contributed by atoms with Gasteiger partial charge < -0.3 is 5.11 Å². The molecular weight excluding hydrogens is 313 g/mol. The van der Waals surface area contributed by atoms with Gasteiger partial charge in [0.1, 0.15) is 0 Å². The number of aliphatic hydroxyl groups is 1. The van der Waals surface area contributed by atoms with E-state index in [1.165, 1.54) is 25.1 Å². The molecule has 1 N–H and O–H groups in total. The molecular formula is C12H10Cl2F2N2O2. The molecule has 0 saturated carbocycles. The first-order valence-corrected chi connectivity index (χ1v) is 6.35. The molecule has 0 aromatic heterocycles. The van der Waals surface area contributed by atoms with Crippen molar-refractivity contribution in [2.45, 2.75) is 25.5 Å². The molecule has 20 heavy (non-hydrogen) atoms. The topological polar surface area (TPSA) is 52.9 Å². The van der Waals surface area contributed by atoms with Gasteiger partial charge in [0.05, 0.1) is 10.6 Å². The van der Waals surface area contributed by atoms with Crippen molar-refractivity contribution in [3.05, 3.63) is 33.8 Å². The zero-order valence-corrected chi connectivity index (χ0v) is 11.8. The van der Waals surface area contributed by atoms with E-state index in [0.29, 0.717) is 10.0 Å². The van der Waals surface area contributed by atoms with E-state index >= 15 is 0 Å². The summed E-state index contributed by atoms with van der Waals surface area (Å²) in [5, 5.41) is 14.3. The quantitative estimate of drug-likeness (QED) is 0.909. The molecule has 8 heteroatoms. The van der Waals surface area contributed by atoms with Crippen LogP contribution in [0.25, 0.3) is 0 Å². The van der Waals surface area contributed by atoms with Crippen molar-refractivity contribution in [3.8, 4) is 0 Å². The lowest BCUT2D eigenvalue weighted by molar-refractivity contribution is -0.164. The molecule has 4 nitrogen and oxygen atoms in total. The zero-order valence-electron chi connectivity index (χ0n) is 10.3. The summed E-state index contributed by atoms with van der Waals surface area (Å²) in [5.41, 5.74) is -2.48. The molecule has 0 fully saturated rings. The average molecular weight is 323 g/mol. The van der Waals surface area contributed by atoms with Crippen molar-refractivity contribution in [1.29, 1.82) is 0 Å². The van der Waals surface area contributed by atoms with Crippen LogP contribution >= 0.6 is 23.2 Å². The minimum atomic E-state index is -3.15. The van der Waals surface area contributed by atoms with Crippen LogP contribution in [0.4, 0.5) is 8.78 Å². The van der Waals surface area contributed by atoms with Crippen LogP contribution in [-0.2, 0) is 0 Å². The molecule has 0 saturated heterocycles. The number of carbonyl (C=O) groups is 1. The fourth-order valence-corrected chi connectivity index (χ4v) is 2.40. The van der Waals surface area contributed by atoms with E-state index in [1.807, 2.05) is 0 Å². The number of alkyl halides is 2. The molecule has 1 amide bonds. The predicted octanol–water partition coefficient (Wildman–Crippen LogP) is 3.17. The van der Waals surface area contributed by atoms with Gasteiger partial charge in [0.2, 0.25) is 5.72 Å². The molecule has 1 aliphatic rings. The Morgan fingerprint density at radius 3 is 2.70 bits per heavy atom. The number of nitrogens with zero attached hydrogens (tertiary/aromatic N) is 2. The lowest BCUT2D eigenvalue weighted by Gasteiger charge is -2.30. The van der Waals surface area contributed by atoms with Crippen molar-refractivity contribution in [3.63, 3.8) is 0 Å². The number of halogens is 4. The molecule has 1 aromatic carbocycles. The fraction of sp³-hybridized carbons (Fsp3) is 0.333. The van der Waals surface area contributed by atoms with Crippen molar-refractivity contribution >= 4 is 34.8 Å². The van der Waals surface area contributed by atoms with Crippen LogP contribution in [0.3, 0.4) is 0 Å². The summed E-state index contributed by atoms with van der Waals surface area (Å²) in [6.07, 6.45) is -3.57. The Morgan fingerprint density at radius 2 is 2.15 bits per heavy atom. The van der Waals surface area contributed by atoms with Crippen LogP contribution in [-0.4, -0.2) is 33.9 Å². The van der Waals surface area contributed by atoms with Crippen LogP contribution < -0.4 is 0 Å². The molecule has 0 bridgehead atoms. The van der Waals surface area contributed by atoms with E-state index in [4.69, 9.17) is 23.2 Å². The van der Waals surface area contributed by atoms with Crippen LogP contribution in [0.1, 0.15) is 23.7 Å². The third-order valence-electron chi connectivity index (χ3n) is 2.86. The standard InChI is InChI=1S/C12H10Cl2F2N2O2/c1-6-5-12(20,11(15)16)18(17-6)10(19)8-3-2-7(13)4-9(8)14/h2-4,11,20H,5H2,1H3/t12-/m0/s1. The third-order valence-corrected chi connectivity index (χ3v) is 3.40. The van der Waals surface area contributed by atoms with Gasteiger partial charge in [0.25, 0.3) is 12.3 Å². The Bertz CT molecular complexity index is 595. The Hall–Kier alpha value is -1.24. The van der Waals surface area contributed by atoms with Crippen molar-refractivity contribution < 1.29 is 18.7 Å². The van der Waals surface area contributed by atoms with E-state index in [9.17, 15) is 18.7 Å². The Balaban J connectivity index is 2.41. The van der Waals surface area contributed by atoms with Gasteiger partial charge in [0.15, 0.2) is 0 Å². The highest BCUT2D eigenvalue weighted by Crippen LogP contribution is 2.34. The lowest BCUT2D eigenvalue weighted by atomic mass is 10.1. The number of carbonyl (C=O) groups excluding carboxylic acids is 1. The van der Waals surface area contributed by atoms with E-state index in [0.717, 1.165) is 0 Å². The maximum absolute atomic E-state index is 13.0. The summed E-state index contributed by atoms with van der Waals surface area (Å²) in [4.78, 5) is 12.2. The van der Waals surface area contributed by atoms with Crippen LogP contribution in [0.5, 0.6) is 0 Å². The van der Waals surface area contributed by atoms with Crippen LogP contribution in [0, 0.1) is 0 Å². The smallest absolute Gasteiger partial charge is 0.287 e. The molecule has 0 unspecified atom stereocenters. The summed E-state index contributed by atoms with van der Waals surface area (Å²) < 4.78 is 26.0. The molecule has 2 rings (SSSR count). The lowest BCUT2D eigenvalue weighted by Crippen LogP contribution is -2.51. The van der Waals surface area contributed by atoms with Gasteiger partial charge in [-0.3, -0.25) is 4.79 Å². The molecule has 0 radical (unpaired) electrons. The highest BCUT2D eigenvalue weighted by Gasteiger charge is 2.51. The molecule has 1 aromatic rings. The number of benzene rings is 1. The van der Waals surface area contributed by atoms with Gasteiger partial charge in [-0.25, -0.2) is 8.78 Å². The molecule has 0 spiro atoms. The summed E-state index contributed by atoms with van der Waals surface area (Å²) in [7, 11) is 0. The third kappa shape index (κ3) is 2.51. The summed E-state index contributed by atoms with van der Waals surface area (Å²) in [6, 6.07) is 4.00. The molecule has 1 heterocycles. The molecule has 108 valence electrons. The monoisotopic (exact) mass is 322 g/mol. The Kier molecular flexibility index (Phi) is 4.00. The first-order valence-electron chi connectivity index (χ1n) is 5.60. The number of hydrogen-bond donors (Lipinski definition) is 1. The maximum atomic E-state index is 13.0. The summed E-state index contributed by atoms with van der Waals surface area (Å²) in [6.45, 7) is 1.45. The maximum Gasteiger partial charge on any atom is 0.287 e. The zero-order chi connectivity index (χ0) is 15.1. The Labute approximate surface area is 123 Å². The van der Waals surface area contributed by atoms with Gasteiger partial charge in [-0.15, -0.1) is 0 Å². The van der Waals surface area contributed by atoms with Crippen LogP contribution in [0.2, 0.25) is 10.0 Å². The van der Waals surface area contributed by atoms with Gasteiger partial charge in [-0.2, -0.15) is 10.1 Å². The number of rotatable bonds is 2. The van der Waals surface area contributed by atoms with Crippen molar-refractivity contribution in [2.24, 2.45) is 5.10 Å². The molecule has 0 aliphatic carbocycles. The van der Waals surface area contributed by atoms with Gasteiger partial charge in [-0.05, 0) is 25.1 Å². The second-order valence-corrected chi connectivity index (χ2v) is 5.28. The van der Waals surface area contributed by atoms with E-state index in [2.05, 4.69) is 5.10 Å². The number of hydrazone groups is 1. The fourth-order valence-electron chi connectivity index (χ4n) is 1.91. The van der Waals surface area contributed by atoms with Gasteiger partial charge >= 0.3 is 0 Å². The first kappa shape index (κ1) is 15.2. The summed E-state index contributed by atoms with van der Waals surface area (Å²) in [5.74, 6) is -0.911. The highest BCUT2D eigenvalue weighted by atomic mass is 35.5. The second-order valence-electron chi connectivity index (χ2n) is 4.43. The largest absolute Gasteiger partial charge is 0.364 e.